The Morgan fingerprint density at radius 1 is 1.25 bits per heavy atom. The van der Waals surface area contributed by atoms with Gasteiger partial charge in [-0.25, -0.2) is 4.98 Å². The topological polar surface area (TPSA) is 58.9 Å². The van der Waals surface area contributed by atoms with E-state index >= 15 is 0 Å². The largest absolute Gasteiger partial charge is 0.396 e. The van der Waals surface area contributed by atoms with Gasteiger partial charge in [-0.05, 0) is 18.1 Å². The van der Waals surface area contributed by atoms with Crippen LogP contribution in [0.5, 0.6) is 0 Å². The Hall–Kier alpha value is -1.20. The van der Waals surface area contributed by atoms with E-state index in [9.17, 15) is 0 Å². The number of rotatable bonds is 4. The van der Waals surface area contributed by atoms with Crippen molar-refractivity contribution in [2.75, 3.05) is 12.4 Å². The van der Waals surface area contributed by atoms with Crippen LogP contribution in [-0.2, 0) is 0 Å². The van der Waals surface area contributed by atoms with Gasteiger partial charge in [0.1, 0.15) is 5.52 Å². The number of aromatic nitrogens is 3. The molecule has 1 aromatic heterocycles. The third kappa shape index (κ3) is 2.68. The highest BCUT2D eigenvalue weighted by Gasteiger charge is 2.05. The van der Waals surface area contributed by atoms with Crippen molar-refractivity contribution in [3.63, 3.8) is 0 Å². The van der Waals surface area contributed by atoms with E-state index < -0.39 is 0 Å². The van der Waals surface area contributed by atoms with Gasteiger partial charge >= 0.3 is 0 Å². The molecule has 0 radical (unpaired) electrons. The SMILES string of the molecule is CC(CO)CSc1nnc2ccccc2n1. The van der Waals surface area contributed by atoms with Crippen LogP contribution in [0.3, 0.4) is 0 Å². The third-order valence-electron chi connectivity index (χ3n) is 2.15. The zero-order valence-corrected chi connectivity index (χ0v) is 9.81. The first kappa shape index (κ1) is 11.3. The van der Waals surface area contributed by atoms with Gasteiger partial charge in [-0.2, -0.15) is 0 Å². The smallest absolute Gasteiger partial charge is 0.209 e. The maximum atomic E-state index is 8.91. The number of benzene rings is 1. The van der Waals surface area contributed by atoms with Crippen LogP contribution in [0.2, 0.25) is 0 Å². The van der Waals surface area contributed by atoms with E-state index in [-0.39, 0.29) is 12.5 Å². The lowest BCUT2D eigenvalue weighted by atomic mass is 10.2. The minimum atomic E-state index is 0.189. The summed E-state index contributed by atoms with van der Waals surface area (Å²) in [5.41, 5.74) is 1.67. The number of hydrogen-bond donors (Lipinski definition) is 1. The molecule has 84 valence electrons. The molecule has 1 aromatic carbocycles. The fraction of sp³-hybridized carbons (Fsp3) is 0.364. The molecule has 1 unspecified atom stereocenters. The number of nitrogens with zero attached hydrogens (tertiary/aromatic N) is 3. The molecule has 5 heteroatoms. The molecule has 0 aliphatic carbocycles. The average Bonchev–Trinajstić information content (AvgIpc) is 2.35. The number of aliphatic hydroxyl groups excluding tert-OH is 1. The summed E-state index contributed by atoms with van der Waals surface area (Å²) in [6.07, 6.45) is 0. The Bertz CT molecular complexity index is 477. The van der Waals surface area contributed by atoms with Crippen molar-refractivity contribution in [1.82, 2.24) is 15.2 Å². The third-order valence-corrected chi connectivity index (χ3v) is 3.32. The Labute approximate surface area is 98.1 Å². The maximum absolute atomic E-state index is 8.91. The van der Waals surface area contributed by atoms with Crippen molar-refractivity contribution < 1.29 is 5.11 Å². The van der Waals surface area contributed by atoms with Crippen LogP contribution in [0.25, 0.3) is 11.0 Å². The molecule has 0 aliphatic rings. The van der Waals surface area contributed by atoms with Crippen LogP contribution in [0, 0.1) is 5.92 Å². The van der Waals surface area contributed by atoms with Crippen LogP contribution in [0.1, 0.15) is 6.92 Å². The van der Waals surface area contributed by atoms with E-state index in [1.807, 2.05) is 31.2 Å². The van der Waals surface area contributed by atoms with Crippen molar-refractivity contribution in [2.24, 2.45) is 5.92 Å². The minimum Gasteiger partial charge on any atom is -0.396 e. The first-order chi connectivity index (χ1) is 7.79. The van der Waals surface area contributed by atoms with Crippen LogP contribution >= 0.6 is 11.8 Å². The van der Waals surface area contributed by atoms with E-state index in [0.29, 0.717) is 5.16 Å². The quantitative estimate of drug-likeness (QED) is 0.818. The molecule has 0 fully saturated rings. The minimum absolute atomic E-state index is 0.189. The number of para-hydroxylation sites is 1. The van der Waals surface area contributed by atoms with Crippen molar-refractivity contribution >= 4 is 22.8 Å². The first-order valence-electron chi connectivity index (χ1n) is 5.12. The van der Waals surface area contributed by atoms with Gasteiger partial charge in [0.25, 0.3) is 0 Å². The molecule has 4 nitrogen and oxygen atoms in total. The van der Waals surface area contributed by atoms with Crippen LogP contribution in [0.4, 0.5) is 0 Å². The molecular weight excluding hydrogens is 222 g/mol. The van der Waals surface area contributed by atoms with Crippen molar-refractivity contribution in [1.29, 1.82) is 0 Å². The molecule has 1 atom stereocenters. The summed E-state index contributed by atoms with van der Waals surface area (Å²) < 4.78 is 0. The van der Waals surface area contributed by atoms with E-state index in [2.05, 4.69) is 15.2 Å². The molecule has 0 amide bonds. The normalized spacial score (nSPS) is 12.9. The van der Waals surface area contributed by atoms with Crippen LogP contribution in [-0.4, -0.2) is 32.6 Å². The molecule has 1 heterocycles. The van der Waals surface area contributed by atoms with E-state index in [4.69, 9.17) is 5.11 Å². The molecule has 16 heavy (non-hydrogen) atoms. The highest BCUT2D eigenvalue weighted by atomic mass is 32.2. The number of aliphatic hydroxyl groups is 1. The van der Waals surface area contributed by atoms with E-state index in [1.165, 1.54) is 11.8 Å². The molecule has 2 rings (SSSR count). The van der Waals surface area contributed by atoms with Crippen molar-refractivity contribution in [3.05, 3.63) is 24.3 Å². The molecule has 0 spiro atoms. The van der Waals surface area contributed by atoms with E-state index in [1.54, 1.807) is 0 Å². The number of thioether (sulfide) groups is 1. The summed E-state index contributed by atoms with van der Waals surface area (Å²) in [6.45, 7) is 2.18. The van der Waals surface area contributed by atoms with Gasteiger partial charge < -0.3 is 5.11 Å². The Kier molecular flexibility index (Phi) is 3.69. The Balaban J connectivity index is 2.13. The highest BCUT2D eigenvalue weighted by Crippen LogP contribution is 2.17. The predicted octanol–water partition coefficient (Wildman–Crippen LogP) is 1.75. The Morgan fingerprint density at radius 2 is 2.00 bits per heavy atom. The van der Waals surface area contributed by atoms with Gasteiger partial charge in [-0.3, -0.25) is 0 Å². The Morgan fingerprint density at radius 3 is 2.75 bits per heavy atom. The standard InChI is InChI=1S/C11H13N3OS/c1-8(6-15)7-16-11-12-9-4-2-3-5-10(9)13-14-11/h2-5,8,15H,6-7H2,1H3. The van der Waals surface area contributed by atoms with Gasteiger partial charge in [0.15, 0.2) is 0 Å². The second kappa shape index (κ2) is 5.23. The zero-order chi connectivity index (χ0) is 11.4. The molecule has 0 aliphatic heterocycles. The van der Waals surface area contributed by atoms with Gasteiger partial charge in [0.05, 0.1) is 5.52 Å². The summed E-state index contributed by atoms with van der Waals surface area (Å²) in [5, 5.41) is 17.7. The van der Waals surface area contributed by atoms with Gasteiger partial charge in [0.2, 0.25) is 5.16 Å². The van der Waals surface area contributed by atoms with Crippen molar-refractivity contribution in [2.45, 2.75) is 12.1 Å². The lowest BCUT2D eigenvalue weighted by molar-refractivity contribution is 0.250. The summed E-state index contributed by atoms with van der Waals surface area (Å²) >= 11 is 1.52. The maximum Gasteiger partial charge on any atom is 0.209 e. The lowest BCUT2D eigenvalue weighted by Crippen LogP contribution is -2.04. The monoisotopic (exact) mass is 235 g/mol. The summed E-state index contributed by atoms with van der Waals surface area (Å²) in [5.74, 6) is 1.05. The van der Waals surface area contributed by atoms with Gasteiger partial charge in [-0.1, -0.05) is 30.8 Å². The second-order valence-corrected chi connectivity index (χ2v) is 4.67. The first-order valence-corrected chi connectivity index (χ1v) is 6.11. The molecular formula is C11H13N3OS. The van der Waals surface area contributed by atoms with Gasteiger partial charge in [0, 0.05) is 12.4 Å². The second-order valence-electron chi connectivity index (χ2n) is 3.68. The molecule has 0 saturated carbocycles. The number of fused-ring (bicyclic) bond motifs is 1. The summed E-state index contributed by atoms with van der Waals surface area (Å²) in [6, 6.07) is 7.66. The highest BCUT2D eigenvalue weighted by molar-refractivity contribution is 7.99. The fourth-order valence-corrected chi connectivity index (χ4v) is 2.00. The average molecular weight is 235 g/mol. The van der Waals surface area contributed by atoms with Crippen molar-refractivity contribution in [3.8, 4) is 0 Å². The lowest BCUT2D eigenvalue weighted by Gasteiger charge is -2.05. The van der Waals surface area contributed by atoms with Crippen LogP contribution < -0.4 is 0 Å². The van der Waals surface area contributed by atoms with Gasteiger partial charge in [-0.15, -0.1) is 10.2 Å². The molecule has 0 saturated heterocycles. The summed E-state index contributed by atoms with van der Waals surface area (Å²) in [4.78, 5) is 4.39. The van der Waals surface area contributed by atoms with Crippen LogP contribution in [0.15, 0.2) is 29.4 Å². The zero-order valence-electron chi connectivity index (χ0n) is 9.00. The fourth-order valence-electron chi connectivity index (χ4n) is 1.20. The molecule has 2 aromatic rings. The van der Waals surface area contributed by atoms with E-state index in [0.717, 1.165) is 16.8 Å². The predicted molar refractivity (Wildman–Crippen MR) is 64.3 cm³/mol. The summed E-state index contributed by atoms with van der Waals surface area (Å²) in [7, 11) is 0. The molecule has 0 bridgehead atoms. The number of hydrogen-bond acceptors (Lipinski definition) is 5. The molecule has 1 N–H and O–H groups in total.